The van der Waals surface area contributed by atoms with Gasteiger partial charge in [0, 0.05) is 11.8 Å². The first-order valence-corrected chi connectivity index (χ1v) is 5.37. The van der Waals surface area contributed by atoms with Crippen LogP contribution in [-0.2, 0) is 0 Å². The number of rotatable bonds is 4. The molecular formula is C14H15NO2. The highest BCUT2D eigenvalue weighted by Gasteiger charge is 2.02. The number of ether oxygens (including phenoxy) is 2. The Morgan fingerprint density at radius 3 is 2.47 bits per heavy atom. The van der Waals surface area contributed by atoms with Crippen LogP contribution in [0.4, 0.5) is 11.4 Å². The summed E-state index contributed by atoms with van der Waals surface area (Å²) >= 11 is 0. The molecule has 0 spiro atoms. The van der Waals surface area contributed by atoms with Crippen molar-refractivity contribution in [3.8, 4) is 11.5 Å². The molecule has 0 heterocycles. The van der Waals surface area contributed by atoms with E-state index in [2.05, 4.69) is 5.32 Å². The van der Waals surface area contributed by atoms with Crippen molar-refractivity contribution in [2.24, 2.45) is 0 Å². The number of methoxy groups -OCH3 is 2. The highest BCUT2D eigenvalue weighted by molar-refractivity contribution is 5.66. The van der Waals surface area contributed by atoms with Crippen molar-refractivity contribution in [3.05, 3.63) is 48.5 Å². The summed E-state index contributed by atoms with van der Waals surface area (Å²) in [4.78, 5) is 0. The lowest BCUT2D eigenvalue weighted by atomic mass is 10.2. The zero-order valence-corrected chi connectivity index (χ0v) is 9.94. The third-order valence-corrected chi connectivity index (χ3v) is 2.46. The van der Waals surface area contributed by atoms with E-state index >= 15 is 0 Å². The molecule has 0 atom stereocenters. The minimum atomic E-state index is 0.815. The Morgan fingerprint density at radius 2 is 1.71 bits per heavy atom. The smallest absolute Gasteiger partial charge is 0.142 e. The molecule has 2 rings (SSSR count). The Hall–Kier alpha value is -2.16. The summed E-state index contributed by atoms with van der Waals surface area (Å²) in [6, 6.07) is 15.6. The van der Waals surface area contributed by atoms with Crippen molar-refractivity contribution in [1.29, 1.82) is 0 Å². The van der Waals surface area contributed by atoms with E-state index in [1.165, 1.54) is 0 Å². The van der Waals surface area contributed by atoms with Gasteiger partial charge in [-0.3, -0.25) is 0 Å². The third-order valence-electron chi connectivity index (χ3n) is 2.46. The maximum Gasteiger partial charge on any atom is 0.142 e. The normalized spacial score (nSPS) is 9.76. The van der Waals surface area contributed by atoms with Crippen molar-refractivity contribution in [2.75, 3.05) is 19.5 Å². The molecule has 17 heavy (non-hydrogen) atoms. The van der Waals surface area contributed by atoms with Crippen LogP contribution in [0.3, 0.4) is 0 Å². The zero-order chi connectivity index (χ0) is 12.1. The van der Waals surface area contributed by atoms with Crippen molar-refractivity contribution < 1.29 is 9.47 Å². The summed E-state index contributed by atoms with van der Waals surface area (Å²) in [5, 5.41) is 3.29. The minimum Gasteiger partial charge on any atom is -0.497 e. The predicted molar refractivity (Wildman–Crippen MR) is 69.3 cm³/mol. The van der Waals surface area contributed by atoms with Crippen LogP contribution in [0.5, 0.6) is 11.5 Å². The van der Waals surface area contributed by atoms with Gasteiger partial charge in [0.1, 0.15) is 11.5 Å². The van der Waals surface area contributed by atoms with Gasteiger partial charge in [0.15, 0.2) is 0 Å². The molecule has 0 aromatic heterocycles. The maximum atomic E-state index is 5.28. The van der Waals surface area contributed by atoms with Crippen molar-refractivity contribution in [2.45, 2.75) is 0 Å². The van der Waals surface area contributed by atoms with Gasteiger partial charge >= 0.3 is 0 Å². The molecule has 0 radical (unpaired) electrons. The van der Waals surface area contributed by atoms with Crippen molar-refractivity contribution >= 4 is 11.4 Å². The van der Waals surface area contributed by atoms with E-state index in [9.17, 15) is 0 Å². The standard InChI is InChI=1S/C14H15NO2/c1-16-12-7-5-6-11(10-12)15-13-8-3-4-9-14(13)17-2/h3-10,15H,1-2H3. The van der Waals surface area contributed by atoms with Gasteiger partial charge in [-0.15, -0.1) is 0 Å². The van der Waals surface area contributed by atoms with Gasteiger partial charge in [-0.2, -0.15) is 0 Å². The number of para-hydroxylation sites is 2. The van der Waals surface area contributed by atoms with E-state index in [-0.39, 0.29) is 0 Å². The molecule has 0 unspecified atom stereocenters. The Kier molecular flexibility index (Phi) is 3.50. The first kappa shape index (κ1) is 11.3. The van der Waals surface area contributed by atoms with E-state index in [0.717, 1.165) is 22.9 Å². The second-order valence-electron chi connectivity index (χ2n) is 3.56. The van der Waals surface area contributed by atoms with Gasteiger partial charge in [-0.1, -0.05) is 18.2 Å². The van der Waals surface area contributed by atoms with Gasteiger partial charge in [-0.05, 0) is 24.3 Å². The number of hydrogen-bond donors (Lipinski definition) is 1. The molecule has 0 aliphatic carbocycles. The first-order valence-electron chi connectivity index (χ1n) is 5.37. The number of benzene rings is 2. The van der Waals surface area contributed by atoms with Crippen LogP contribution in [0.15, 0.2) is 48.5 Å². The van der Waals surface area contributed by atoms with E-state index in [4.69, 9.17) is 9.47 Å². The first-order chi connectivity index (χ1) is 8.33. The Bertz CT molecular complexity index is 497. The van der Waals surface area contributed by atoms with Crippen LogP contribution in [0.2, 0.25) is 0 Å². The Balaban J connectivity index is 2.24. The Morgan fingerprint density at radius 1 is 0.882 bits per heavy atom. The topological polar surface area (TPSA) is 30.5 Å². The summed E-state index contributed by atoms with van der Waals surface area (Å²) in [7, 11) is 3.31. The van der Waals surface area contributed by atoms with E-state index in [1.54, 1.807) is 14.2 Å². The number of anilines is 2. The van der Waals surface area contributed by atoms with E-state index in [1.807, 2.05) is 48.5 Å². The molecule has 0 aliphatic rings. The zero-order valence-electron chi connectivity index (χ0n) is 9.94. The highest BCUT2D eigenvalue weighted by Crippen LogP contribution is 2.28. The monoisotopic (exact) mass is 229 g/mol. The third kappa shape index (κ3) is 2.69. The lowest BCUT2D eigenvalue weighted by Crippen LogP contribution is -1.94. The summed E-state index contributed by atoms with van der Waals surface area (Å²) in [5.41, 5.74) is 1.90. The van der Waals surface area contributed by atoms with Gasteiger partial charge in [-0.25, -0.2) is 0 Å². The quantitative estimate of drug-likeness (QED) is 0.871. The molecule has 3 nitrogen and oxygen atoms in total. The highest BCUT2D eigenvalue weighted by atomic mass is 16.5. The largest absolute Gasteiger partial charge is 0.497 e. The molecule has 0 fully saturated rings. The fraction of sp³-hybridized carbons (Fsp3) is 0.143. The van der Waals surface area contributed by atoms with Crippen LogP contribution in [-0.4, -0.2) is 14.2 Å². The molecule has 0 saturated heterocycles. The molecule has 2 aromatic carbocycles. The van der Waals surface area contributed by atoms with Gasteiger partial charge in [0.05, 0.1) is 19.9 Å². The molecule has 3 heteroatoms. The number of hydrogen-bond acceptors (Lipinski definition) is 3. The fourth-order valence-electron chi connectivity index (χ4n) is 1.60. The van der Waals surface area contributed by atoms with Crippen LogP contribution in [0, 0.1) is 0 Å². The fourth-order valence-corrected chi connectivity index (χ4v) is 1.60. The van der Waals surface area contributed by atoms with Crippen LogP contribution in [0.1, 0.15) is 0 Å². The molecule has 1 N–H and O–H groups in total. The molecule has 0 aliphatic heterocycles. The molecule has 0 saturated carbocycles. The van der Waals surface area contributed by atoms with Gasteiger partial charge in [0.25, 0.3) is 0 Å². The summed E-state index contributed by atoms with van der Waals surface area (Å²) in [6.07, 6.45) is 0. The summed E-state index contributed by atoms with van der Waals surface area (Å²) in [5.74, 6) is 1.64. The van der Waals surface area contributed by atoms with Crippen LogP contribution >= 0.6 is 0 Å². The average molecular weight is 229 g/mol. The van der Waals surface area contributed by atoms with Crippen molar-refractivity contribution in [3.63, 3.8) is 0 Å². The van der Waals surface area contributed by atoms with Crippen LogP contribution in [0.25, 0.3) is 0 Å². The van der Waals surface area contributed by atoms with Crippen LogP contribution < -0.4 is 14.8 Å². The molecule has 0 amide bonds. The molecule has 0 bridgehead atoms. The predicted octanol–water partition coefficient (Wildman–Crippen LogP) is 3.45. The Labute approximate surface area is 101 Å². The number of nitrogens with one attached hydrogen (secondary N) is 1. The van der Waals surface area contributed by atoms with Gasteiger partial charge < -0.3 is 14.8 Å². The second-order valence-corrected chi connectivity index (χ2v) is 3.56. The van der Waals surface area contributed by atoms with E-state index < -0.39 is 0 Å². The molecule has 88 valence electrons. The lowest BCUT2D eigenvalue weighted by Gasteiger charge is -2.11. The average Bonchev–Trinajstić information content (AvgIpc) is 2.39. The summed E-state index contributed by atoms with van der Waals surface area (Å²) in [6.45, 7) is 0. The molecule has 2 aromatic rings. The molecular weight excluding hydrogens is 214 g/mol. The van der Waals surface area contributed by atoms with Gasteiger partial charge in [0.2, 0.25) is 0 Å². The minimum absolute atomic E-state index is 0.815. The SMILES string of the molecule is COc1cccc(Nc2ccccc2OC)c1. The van der Waals surface area contributed by atoms with E-state index in [0.29, 0.717) is 0 Å². The second kappa shape index (κ2) is 5.25. The lowest BCUT2D eigenvalue weighted by molar-refractivity contribution is 0.414. The van der Waals surface area contributed by atoms with Crippen molar-refractivity contribution in [1.82, 2.24) is 0 Å². The summed E-state index contributed by atoms with van der Waals surface area (Å²) < 4.78 is 10.5. The maximum absolute atomic E-state index is 5.28.